The minimum absolute atomic E-state index is 0.0757. The Labute approximate surface area is 164 Å². The van der Waals surface area contributed by atoms with Crippen LogP contribution in [0.4, 0.5) is 11.4 Å². The van der Waals surface area contributed by atoms with Crippen LogP contribution >= 0.6 is 0 Å². The molecule has 0 aliphatic carbocycles. The maximum absolute atomic E-state index is 12.6. The Morgan fingerprint density at radius 3 is 2.46 bits per heavy atom. The zero-order valence-corrected chi connectivity index (χ0v) is 16.2. The van der Waals surface area contributed by atoms with Crippen LogP contribution in [-0.2, 0) is 16.1 Å². The molecule has 0 aromatic heterocycles. The fraction of sp³-hybridized carbons (Fsp3) is 0.318. The van der Waals surface area contributed by atoms with E-state index in [1.807, 2.05) is 36.1 Å². The Hall–Kier alpha value is -3.15. The molecule has 1 heterocycles. The fourth-order valence-corrected chi connectivity index (χ4v) is 3.13. The molecule has 3 rings (SSSR count). The topological polar surface area (TPSA) is 78.5 Å². The average molecular weight is 379 g/mol. The van der Waals surface area contributed by atoms with Gasteiger partial charge in [-0.05, 0) is 48.7 Å². The van der Waals surface area contributed by atoms with Gasteiger partial charge in [-0.3, -0.25) is 14.4 Å². The van der Waals surface area contributed by atoms with Crippen LogP contribution in [0.3, 0.4) is 0 Å². The van der Waals surface area contributed by atoms with Gasteiger partial charge in [0.25, 0.3) is 5.91 Å². The molecule has 0 radical (unpaired) electrons. The van der Waals surface area contributed by atoms with Crippen LogP contribution in [0.1, 0.15) is 47.7 Å². The van der Waals surface area contributed by atoms with E-state index in [0.29, 0.717) is 36.3 Å². The van der Waals surface area contributed by atoms with E-state index < -0.39 is 0 Å². The molecule has 6 nitrogen and oxygen atoms in total. The van der Waals surface area contributed by atoms with E-state index in [2.05, 4.69) is 10.6 Å². The Morgan fingerprint density at radius 2 is 1.82 bits per heavy atom. The van der Waals surface area contributed by atoms with Crippen LogP contribution in [0.15, 0.2) is 42.5 Å². The van der Waals surface area contributed by atoms with Gasteiger partial charge in [0.1, 0.15) is 0 Å². The second kappa shape index (κ2) is 8.69. The predicted octanol–water partition coefficient (Wildman–Crippen LogP) is 3.72. The molecule has 28 heavy (non-hydrogen) atoms. The first kappa shape index (κ1) is 19.6. The first-order valence-electron chi connectivity index (χ1n) is 9.55. The number of hydrogen-bond donors (Lipinski definition) is 2. The highest BCUT2D eigenvalue weighted by atomic mass is 16.2. The standard InChI is InChI=1S/C22H25N3O3/c1-3-20(26)23-18-11-6-15(2)19(13-18)24-22(28)17-9-7-16(8-10-17)14-25-12-4-5-21(25)27/h6-11,13H,3-5,12,14H2,1-2H3,(H,23,26)(H,24,28). The van der Waals surface area contributed by atoms with E-state index in [9.17, 15) is 14.4 Å². The smallest absolute Gasteiger partial charge is 0.255 e. The van der Waals surface area contributed by atoms with E-state index in [4.69, 9.17) is 0 Å². The maximum atomic E-state index is 12.6. The SMILES string of the molecule is CCC(=O)Nc1ccc(C)c(NC(=O)c2ccc(CN3CCCC3=O)cc2)c1. The monoisotopic (exact) mass is 379 g/mol. The molecule has 0 atom stereocenters. The first-order valence-corrected chi connectivity index (χ1v) is 9.55. The largest absolute Gasteiger partial charge is 0.338 e. The molecule has 1 aliphatic rings. The molecular weight excluding hydrogens is 354 g/mol. The van der Waals surface area contributed by atoms with Crippen molar-refractivity contribution in [3.8, 4) is 0 Å². The molecule has 1 saturated heterocycles. The molecular formula is C22H25N3O3. The number of nitrogens with one attached hydrogen (secondary N) is 2. The van der Waals surface area contributed by atoms with Crippen molar-refractivity contribution < 1.29 is 14.4 Å². The highest BCUT2D eigenvalue weighted by molar-refractivity contribution is 6.05. The minimum Gasteiger partial charge on any atom is -0.338 e. The highest BCUT2D eigenvalue weighted by Crippen LogP contribution is 2.22. The summed E-state index contributed by atoms with van der Waals surface area (Å²) in [7, 11) is 0. The first-order chi connectivity index (χ1) is 13.5. The summed E-state index contributed by atoms with van der Waals surface area (Å²) in [6.07, 6.45) is 1.93. The molecule has 0 unspecified atom stereocenters. The molecule has 2 aromatic rings. The van der Waals surface area contributed by atoms with Gasteiger partial charge >= 0.3 is 0 Å². The molecule has 2 N–H and O–H groups in total. The van der Waals surface area contributed by atoms with Gasteiger partial charge in [-0.15, -0.1) is 0 Å². The number of carbonyl (C=O) groups is 3. The van der Waals surface area contributed by atoms with Crippen molar-refractivity contribution in [2.45, 2.75) is 39.7 Å². The van der Waals surface area contributed by atoms with Crippen LogP contribution in [0.2, 0.25) is 0 Å². The van der Waals surface area contributed by atoms with E-state index in [0.717, 1.165) is 24.1 Å². The van der Waals surface area contributed by atoms with Crippen LogP contribution in [-0.4, -0.2) is 29.2 Å². The number of rotatable bonds is 6. The van der Waals surface area contributed by atoms with Crippen molar-refractivity contribution in [1.29, 1.82) is 0 Å². The fourth-order valence-electron chi connectivity index (χ4n) is 3.13. The number of hydrogen-bond acceptors (Lipinski definition) is 3. The minimum atomic E-state index is -0.217. The molecule has 0 saturated carbocycles. The van der Waals surface area contributed by atoms with Gasteiger partial charge in [0.05, 0.1) is 0 Å². The molecule has 1 fully saturated rings. The van der Waals surface area contributed by atoms with E-state index in [1.54, 1.807) is 25.1 Å². The van der Waals surface area contributed by atoms with Crippen molar-refractivity contribution in [3.63, 3.8) is 0 Å². The van der Waals surface area contributed by atoms with Crippen LogP contribution in [0.5, 0.6) is 0 Å². The summed E-state index contributed by atoms with van der Waals surface area (Å²) in [6, 6.07) is 12.7. The Kier molecular flexibility index (Phi) is 6.09. The third kappa shape index (κ3) is 4.76. The van der Waals surface area contributed by atoms with E-state index in [1.165, 1.54) is 0 Å². The number of anilines is 2. The van der Waals surface area contributed by atoms with E-state index in [-0.39, 0.29) is 17.7 Å². The van der Waals surface area contributed by atoms with Gasteiger partial charge in [-0.2, -0.15) is 0 Å². The van der Waals surface area contributed by atoms with Crippen molar-refractivity contribution in [2.24, 2.45) is 0 Å². The van der Waals surface area contributed by atoms with Crippen molar-refractivity contribution in [3.05, 3.63) is 59.2 Å². The number of amides is 3. The lowest BCUT2D eigenvalue weighted by molar-refractivity contribution is -0.128. The van der Waals surface area contributed by atoms with Gasteiger partial charge < -0.3 is 15.5 Å². The normalized spacial score (nSPS) is 13.5. The summed E-state index contributed by atoms with van der Waals surface area (Å²) in [5.41, 5.74) is 3.77. The molecule has 0 spiro atoms. The summed E-state index contributed by atoms with van der Waals surface area (Å²) < 4.78 is 0. The molecule has 0 bridgehead atoms. The van der Waals surface area contributed by atoms with Gasteiger partial charge in [0, 0.05) is 42.9 Å². The molecule has 146 valence electrons. The summed E-state index contributed by atoms with van der Waals surface area (Å²) in [5.74, 6) is -0.105. The number of benzene rings is 2. The van der Waals surface area contributed by atoms with Gasteiger partial charge in [-0.1, -0.05) is 25.1 Å². The van der Waals surface area contributed by atoms with Crippen molar-refractivity contribution >= 4 is 29.1 Å². The third-order valence-electron chi connectivity index (χ3n) is 4.85. The molecule has 2 aromatic carbocycles. The lowest BCUT2D eigenvalue weighted by Gasteiger charge is -2.15. The highest BCUT2D eigenvalue weighted by Gasteiger charge is 2.20. The van der Waals surface area contributed by atoms with Gasteiger partial charge in [0.2, 0.25) is 11.8 Å². The average Bonchev–Trinajstić information content (AvgIpc) is 3.09. The van der Waals surface area contributed by atoms with E-state index >= 15 is 0 Å². The molecule has 3 amide bonds. The third-order valence-corrected chi connectivity index (χ3v) is 4.85. The van der Waals surface area contributed by atoms with Gasteiger partial charge in [0.15, 0.2) is 0 Å². The lowest BCUT2D eigenvalue weighted by Crippen LogP contribution is -2.23. The Morgan fingerprint density at radius 1 is 1.07 bits per heavy atom. The van der Waals surface area contributed by atoms with Crippen molar-refractivity contribution in [1.82, 2.24) is 4.90 Å². The predicted molar refractivity (Wildman–Crippen MR) is 109 cm³/mol. The number of aryl methyl sites for hydroxylation is 1. The molecule has 1 aliphatic heterocycles. The lowest BCUT2D eigenvalue weighted by atomic mass is 10.1. The zero-order chi connectivity index (χ0) is 20.1. The summed E-state index contributed by atoms with van der Waals surface area (Å²) in [4.78, 5) is 37.8. The summed E-state index contributed by atoms with van der Waals surface area (Å²) >= 11 is 0. The molecule has 6 heteroatoms. The van der Waals surface area contributed by atoms with Crippen molar-refractivity contribution in [2.75, 3.05) is 17.2 Å². The quantitative estimate of drug-likeness (QED) is 0.803. The number of nitrogens with zero attached hydrogens (tertiary/aromatic N) is 1. The second-order valence-corrected chi connectivity index (χ2v) is 7.00. The van der Waals surface area contributed by atoms with Crippen LogP contribution < -0.4 is 10.6 Å². The number of likely N-dealkylation sites (tertiary alicyclic amines) is 1. The Bertz CT molecular complexity index is 890. The van der Waals surface area contributed by atoms with Crippen LogP contribution in [0.25, 0.3) is 0 Å². The summed E-state index contributed by atoms with van der Waals surface area (Å²) in [6.45, 7) is 5.07. The number of carbonyl (C=O) groups excluding carboxylic acids is 3. The Balaban J connectivity index is 1.66. The van der Waals surface area contributed by atoms with Crippen LogP contribution in [0, 0.1) is 6.92 Å². The maximum Gasteiger partial charge on any atom is 0.255 e. The summed E-state index contributed by atoms with van der Waals surface area (Å²) in [5, 5.41) is 5.70. The second-order valence-electron chi connectivity index (χ2n) is 7.00. The van der Waals surface area contributed by atoms with Gasteiger partial charge in [-0.25, -0.2) is 0 Å². The zero-order valence-electron chi connectivity index (χ0n) is 16.2.